The summed E-state index contributed by atoms with van der Waals surface area (Å²) in [7, 11) is -3.90. The number of anilines is 1. The van der Waals surface area contributed by atoms with Gasteiger partial charge in [-0.05, 0) is 55.0 Å². The summed E-state index contributed by atoms with van der Waals surface area (Å²) in [5.74, 6) is -0.0959. The summed E-state index contributed by atoms with van der Waals surface area (Å²) in [6, 6.07) is 10.3. The molecule has 3 aromatic rings. The summed E-state index contributed by atoms with van der Waals surface area (Å²) in [6.07, 6.45) is 3.08. The van der Waals surface area contributed by atoms with Gasteiger partial charge in [-0.2, -0.15) is 8.42 Å². The molecule has 1 aromatic carbocycles. The van der Waals surface area contributed by atoms with Crippen molar-refractivity contribution in [3.8, 4) is 5.82 Å². The van der Waals surface area contributed by atoms with Crippen molar-refractivity contribution in [1.82, 2.24) is 9.55 Å². The van der Waals surface area contributed by atoms with E-state index in [9.17, 15) is 12.8 Å². The van der Waals surface area contributed by atoms with E-state index in [-0.39, 0.29) is 10.7 Å². The van der Waals surface area contributed by atoms with Crippen LogP contribution in [0.4, 0.5) is 10.1 Å². The molecule has 0 saturated heterocycles. The number of hydrogen-bond acceptors (Lipinski definition) is 3. The molecule has 0 aliphatic carbocycles. The Kier molecular flexibility index (Phi) is 4.29. The molecule has 0 aliphatic heterocycles. The maximum Gasteiger partial charge on any atom is 0.277 e. The summed E-state index contributed by atoms with van der Waals surface area (Å²) in [4.78, 5) is 4.12. The Bertz CT molecular complexity index is 1000. The van der Waals surface area contributed by atoms with Crippen LogP contribution in [0.2, 0.25) is 5.02 Å². The molecule has 1 N–H and O–H groups in total. The van der Waals surface area contributed by atoms with E-state index in [0.717, 1.165) is 0 Å². The van der Waals surface area contributed by atoms with Crippen molar-refractivity contribution in [1.29, 1.82) is 0 Å². The van der Waals surface area contributed by atoms with Crippen LogP contribution in [-0.2, 0) is 10.0 Å². The Balaban J connectivity index is 2.01. The fourth-order valence-corrected chi connectivity index (χ4v) is 3.65. The minimum absolute atomic E-state index is 0.0231. The molecule has 0 bridgehead atoms. The normalized spacial score (nSPS) is 11.5. The molecule has 0 radical (unpaired) electrons. The number of sulfonamides is 1. The van der Waals surface area contributed by atoms with E-state index >= 15 is 0 Å². The predicted octanol–water partition coefficient (Wildman–Crippen LogP) is 3.77. The topological polar surface area (TPSA) is 64.0 Å². The van der Waals surface area contributed by atoms with Gasteiger partial charge in [0, 0.05) is 18.1 Å². The minimum atomic E-state index is -3.90. The maximum absolute atomic E-state index is 13.3. The first kappa shape index (κ1) is 16.5. The van der Waals surface area contributed by atoms with Gasteiger partial charge in [0.05, 0.1) is 5.02 Å². The highest BCUT2D eigenvalue weighted by Gasteiger charge is 2.21. The molecule has 0 spiro atoms. The van der Waals surface area contributed by atoms with E-state index in [0.29, 0.717) is 16.4 Å². The number of rotatable bonds is 4. The SMILES string of the molecule is Cc1cc(NS(=O)(=O)c2cccn2-c2ncccc2Cl)ccc1F. The van der Waals surface area contributed by atoms with Gasteiger partial charge in [0.15, 0.2) is 10.8 Å². The highest BCUT2D eigenvalue weighted by Crippen LogP contribution is 2.24. The molecule has 0 aliphatic rings. The molecule has 0 atom stereocenters. The molecule has 0 saturated carbocycles. The highest BCUT2D eigenvalue weighted by molar-refractivity contribution is 7.92. The molecule has 3 rings (SSSR count). The molecule has 5 nitrogen and oxygen atoms in total. The molecule has 24 heavy (non-hydrogen) atoms. The summed E-state index contributed by atoms with van der Waals surface area (Å²) in [5.41, 5.74) is 0.618. The van der Waals surface area contributed by atoms with E-state index < -0.39 is 15.8 Å². The third-order valence-corrected chi connectivity index (χ3v) is 5.05. The molecule has 0 amide bonds. The van der Waals surface area contributed by atoms with Gasteiger partial charge < -0.3 is 0 Å². The van der Waals surface area contributed by atoms with Gasteiger partial charge in [-0.15, -0.1) is 0 Å². The minimum Gasteiger partial charge on any atom is -0.289 e. The smallest absolute Gasteiger partial charge is 0.277 e. The standard InChI is InChI=1S/C16H13ClFN3O2S/c1-11-10-12(6-7-14(11)18)20-24(22,23)15-5-3-9-21(15)16-13(17)4-2-8-19-16/h2-10,20H,1H3. The number of pyridine rings is 1. The quantitative estimate of drug-likeness (QED) is 0.765. The number of hydrogen-bond donors (Lipinski definition) is 1. The first-order valence-corrected chi connectivity index (χ1v) is 8.82. The lowest BCUT2D eigenvalue weighted by atomic mass is 10.2. The van der Waals surface area contributed by atoms with Crippen molar-refractivity contribution in [2.75, 3.05) is 4.72 Å². The summed E-state index contributed by atoms with van der Waals surface area (Å²) in [6.45, 7) is 1.56. The van der Waals surface area contributed by atoms with Crippen molar-refractivity contribution in [2.45, 2.75) is 11.9 Å². The Morgan fingerprint density at radius 3 is 2.71 bits per heavy atom. The molecule has 8 heteroatoms. The summed E-state index contributed by atoms with van der Waals surface area (Å²) in [5, 5.41) is 0.299. The number of nitrogens with zero attached hydrogens (tertiary/aromatic N) is 2. The molecule has 2 aromatic heterocycles. The number of benzene rings is 1. The Hall–Kier alpha value is -2.38. The largest absolute Gasteiger partial charge is 0.289 e. The lowest BCUT2D eigenvalue weighted by Gasteiger charge is -2.12. The van der Waals surface area contributed by atoms with Gasteiger partial charge in [-0.3, -0.25) is 9.29 Å². The van der Waals surface area contributed by atoms with Gasteiger partial charge in [-0.1, -0.05) is 11.6 Å². The van der Waals surface area contributed by atoms with E-state index in [4.69, 9.17) is 11.6 Å². The first-order chi connectivity index (χ1) is 11.4. The fourth-order valence-electron chi connectivity index (χ4n) is 2.23. The van der Waals surface area contributed by atoms with Crippen molar-refractivity contribution in [2.24, 2.45) is 0 Å². The van der Waals surface area contributed by atoms with Crippen LogP contribution in [0.3, 0.4) is 0 Å². The zero-order chi connectivity index (χ0) is 17.3. The molecular weight excluding hydrogens is 353 g/mol. The second-order valence-corrected chi connectivity index (χ2v) is 7.13. The van der Waals surface area contributed by atoms with Gasteiger partial charge in [-0.25, -0.2) is 9.37 Å². The predicted molar refractivity (Wildman–Crippen MR) is 90.5 cm³/mol. The average Bonchev–Trinajstić information content (AvgIpc) is 3.01. The highest BCUT2D eigenvalue weighted by atomic mass is 35.5. The lowest BCUT2D eigenvalue weighted by Crippen LogP contribution is -2.17. The molecule has 0 fully saturated rings. The summed E-state index contributed by atoms with van der Waals surface area (Å²) >= 11 is 6.10. The van der Waals surface area contributed by atoms with Crippen LogP contribution in [0.1, 0.15) is 5.56 Å². The second kappa shape index (κ2) is 6.26. The molecule has 2 heterocycles. The van der Waals surface area contributed by atoms with Crippen LogP contribution in [0.25, 0.3) is 5.82 Å². The van der Waals surface area contributed by atoms with Gasteiger partial charge >= 0.3 is 0 Å². The lowest BCUT2D eigenvalue weighted by molar-refractivity contribution is 0.594. The van der Waals surface area contributed by atoms with E-state index in [1.165, 1.54) is 35.0 Å². The molecule has 124 valence electrons. The molecular formula is C16H13ClFN3O2S. The van der Waals surface area contributed by atoms with Crippen LogP contribution >= 0.6 is 11.6 Å². The van der Waals surface area contributed by atoms with E-state index in [2.05, 4.69) is 9.71 Å². The Morgan fingerprint density at radius 1 is 1.21 bits per heavy atom. The number of nitrogens with one attached hydrogen (secondary N) is 1. The van der Waals surface area contributed by atoms with Crippen LogP contribution < -0.4 is 4.72 Å². The Morgan fingerprint density at radius 2 is 2.00 bits per heavy atom. The third kappa shape index (κ3) is 3.13. The average molecular weight is 366 g/mol. The van der Waals surface area contributed by atoms with Gasteiger partial charge in [0.1, 0.15) is 5.82 Å². The first-order valence-electron chi connectivity index (χ1n) is 6.96. The maximum atomic E-state index is 13.3. The van der Waals surface area contributed by atoms with Crippen molar-refractivity contribution in [3.63, 3.8) is 0 Å². The van der Waals surface area contributed by atoms with Crippen LogP contribution in [0, 0.1) is 12.7 Å². The number of halogens is 2. The van der Waals surface area contributed by atoms with Crippen LogP contribution in [-0.4, -0.2) is 18.0 Å². The number of aromatic nitrogens is 2. The Labute approximate surface area is 143 Å². The monoisotopic (exact) mass is 365 g/mol. The van der Waals surface area contributed by atoms with Gasteiger partial charge in [0.25, 0.3) is 10.0 Å². The van der Waals surface area contributed by atoms with E-state index in [1.807, 2.05) is 0 Å². The fraction of sp³-hybridized carbons (Fsp3) is 0.0625. The van der Waals surface area contributed by atoms with Crippen LogP contribution in [0.5, 0.6) is 0 Å². The van der Waals surface area contributed by atoms with Crippen molar-refractivity contribution < 1.29 is 12.8 Å². The second-order valence-electron chi connectivity index (χ2n) is 5.09. The molecule has 0 unspecified atom stereocenters. The van der Waals surface area contributed by atoms with Crippen molar-refractivity contribution >= 4 is 27.3 Å². The van der Waals surface area contributed by atoms with Gasteiger partial charge in [0.2, 0.25) is 0 Å². The van der Waals surface area contributed by atoms with E-state index in [1.54, 1.807) is 31.3 Å². The number of aryl methyl sites for hydroxylation is 1. The third-order valence-electron chi connectivity index (χ3n) is 3.36. The zero-order valence-corrected chi connectivity index (χ0v) is 14.1. The van der Waals surface area contributed by atoms with Crippen LogP contribution in [0.15, 0.2) is 59.9 Å². The summed E-state index contributed by atoms with van der Waals surface area (Å²) < 4.78 is 42.5. The zero-order valence-electron chi connectivity index (χ0n) is 12.6. The van der Waals surface area contributed by atoms with Crippen molar-refractivity contribution in [3.05, 3.63) is 71.3 Å².